The van der Waals surface area contributed by atoms with Crippen LogP contribution < -0.4 is 11.6 Å². The van der Waals surface area contributed by atoms with Crippen LogP contribution in [0.5, 0.6) is 0 Å². The van der Waals surface area contributed by atoms with Gasteiger partial charge in [0.15, 0.2) is 6.29 Å². The first kappa shape index (κ1) is 5.20. The molecule has 0 aromatic rings. The van der Waals surface area contributed by atoms with Crippen LogP contribution in [-0.2, 0) is 0 Å². The maximum atomic E-state index is 5.22. The lowest BCUT2D eigenvalue weighted by Crippen LogP contribution is -2.34. The van der Waals surface area contributed by atoms with Gasteiger partial charge in [-0.2, -0.15) is 0 Å². The molecule has 0 bridgehead atoms. The van der Waals surface area contributed by atoms with Crippen LogP contribution >= 0.6 is 0 Å². The summed E-state index contributed by atoms with van der Waals surface area (Å²) in [7, 11) is 0. The average molecular weight is 113 g/mol. The number of rotatable bonds is 0. The van der Waals surface area contributed by atoms with Gasteiger partial charge in [0.1, 0.15) is 12.7 Å². The minimum atomic E-state index is -0.463. The molecule has 0 fully saturated rings. The molecule has 44 valence electrons. The topological polar surface area (TPSA) is 80.0 Å². The maximum absolute atomic E-state index is 5.22. The van der Waals surface area contributed by atoms with Crippen LogP contribution in [0, 0.1) is 0 Å². The third-order valence-electron chi connectivity index (χ3n) is 0.705. The van der Waals surface area contributed by atoms with E-state index in [1.165, 1.54) is 17.7 Å². The van der Waals surface area contributed by atoms with Gasteiger partial charge in [0, 0.05) is 0 Å². The molecule has 5 nitrogen and oxygen atoms in total. The highest BCUT2D eigenvalue weighted by Crippen LogP contribution is 1.85. The van der Waals surface area contributed by atoms with Gasteiger partial charge in [0.2, 0.25) is 0 Å². The van der Waals surface area contributed by atoms with Crippen molar-refractivity contribution in [3.63, 3.8) is 0 Å². The van der Waals surface area contributed by atoms with Crippen LogP contribution in [0.3, 0.4) is 0 Å². The highest BCUT2D eigenvalue weighted by Gasteiger charge is 1.97. The fourth-order valence-corrected chi connectivity index (χ4v) is 0.359. The van der Waals surface area contributed by atoms with Crippen molar-refractivity contribution in [2.45, 2.75) is 6.29 Å². The first-order valence-electron chi connectivity index (χ1n) is 2.14. The molecular weight excluding hydrogens is 106 g/mol. The molecule has 8 heavy (non-hydrogen) atoms. The molecular formula is C3H7N5. The average Bonchev–Trinajstić information content (AvgIpc) is 1.77. The Hall–Kier alpha value is -0.940. The normalized spacial score (nSPS) is 20.0. The van der Waals surface area contributed by atoms with Gasteiger partial charge < -0.3 is 0 Å². The fraction of sp³-hybridized carbons (Fsp3) is 0.333. The van der Waals surface area contributed by atoms with E-state index in [0.717, 1.165) is 0 Å². The van der Waals surface area contributed by atoms with Gasteiger partial charge in [0.25, 0.3) is 0 Å². The second-order valence-corrected chi connectivity index (χ2v) is 1.39. The van der Waals surface area contributed by atoms with Crippen molar-refractivity contribution in [2.24, 2.45) is 21.6 Å². The van der Waals surface area contributed by atoms with Gasteiger partial charge in [-0.05, 0) is 0 Å². The van der Waals surface area contributed by atoms with Crippen LogP contribution in [0.1, 0.15) is 0 Å². The third-order valence-corrected chi connectivity index (χ3v) is 0.705. The van der Waals surface area contributed by atoms with Crippen molar-refractivity contribution in [3.05, 3.63) is 0 Å². The first-order chi connectivity index (χ1) is 3.79. The van der Waals surface area contributed by atoms with Crippen LogP contribution in [-0.4, -0.2) is 24.0 Å². The predicted octanol–water partition coefficient (Wildman–Crippen LogP) is -1.53. The summed E-state index contributed by atoms with van der Waals surface area (Å²) in [6.45, 7) is 0. The van der Waals surface area contributed by atoms with E-state index in [-0.39, 0.29) is 0 Å². The molecule has 4 N–H and O–H groups in total. The Morgan fingerprint density at radius 1 is 1.38 bits per heavy atom. The number of hydrogen-bond acceptors (Lipinski definition) is 5. The summed E-state index contributed by atoms with van der Waals surface area (Å²) in [6.07, 6.45) is 2.37. The van der Waals surface area contributed by atoms with E-state index in [2.05, 4.69) is 9.98 Å². The lowest BCUT2D eigenvalue weighted by molar-refractivity contribution is 0.625. The second-order valence-electron chi connectivity index (χ2n) is 1.39. The molecule has 0 amide bonds. The largest absolute Gasteiger partial charge is 0.291 e. The Morgan fingerprint density at radius 3 is 2.25 bits per heavy atom. The molecule has 0 radical (unpaired) electrons. The number of nitrogens with two attached hydrogens (primary N) is 2. The molecule has 1 heterocycles. The van der Waals surface area contributed by atoms with E-state index in [1.807, 2.05) is 0 Å². The summed E-state index contributed by atoms with van der Waals surface area (Å²) >= 11 is 0. The molecule has 0 aromatic carbocycles. The van der Waals surface area contributed by atoms with Gasteiger partial charge in [-0.15, -0.1) is 0 Å². The minimum Gasteiger partial charge on any atom is -0.291 e. The number of hydrazine groups is 1. The number of hydrogen-bond donors (Lipinski definition) is 2. The van der Waals surface area contributed by atoms with Crippen molar-refractivity contribution in [2.75, 3.05) is 0 Å². The van der Waals surface area contributed by atoms with E-state index in [4.69, 9.17) is 11.6 Å². The van der Waals surface area contributed by atoms with E-state index in [0.29, 0.717) is 0 Å². The van der Waals surface area contributed by atoms with E-state index < -0.39 is 6.29 Å². The molecule has 0 atom stereocenters. The standard InChI is InChI=1S/C3H7N5/c4-3-6-1-8(5)2-7-3/h1-3H,4-5H2. The van der Waals surface area contributed by atoms with E-state index in [1.54, 1.807) is 0 Å². The van der Waals surface area contributed by atoms with Crippen LogP contribution in [0.2, 0.25) is 0 Å². The molecule has 1 aliphatic heterocycles. The SMILES string of the molecule is NC1N=CN(N)C=N1. The second kappa shape index (κ2) is 1.89. The molecule has 5 heteroatoms. The molecule has 0 saturated carbocycles. The lowest BCUT2D eigenvalue weighted by Gasteiger charge is -2.10. The smallest absolute Gasteiger partial charge is 0.194 e. The maximum Gasteiger partial charge on any atom is 0.194 e. The van der Waals surface area contributed by atoms with Crippen LogP contribution in [0.25, 0.3) is 0 Å². The number of aliphatic imine (C=N–C) groups is 2. The zero-order chi connectivity index (χ0) is 5.98. The van der Waals surface area contributed by atoms with Crippen molar-refractivity contribution in [1.82, 2.24) is 5.01 Å². The molecule has 0 unspecified atom stereocenters. The summed E-state index contributed by atoms with van der Waals surface area (Å²) in [4.78, 5) is 7.33. The highest BCUT2D eigenvalue weighted by atomic mass is 15.4. The summed E-state index contributed by atoms with van der Waals surface area (Å²) in [5.74, 6) is 5.18. The molecule has 1 aliphatic rings. The van der Waals surface area contributed by atoms with E-state index in [9.17, 15) is 0 Å². The lowest BCUT2D eigenvalue weighted by atomic mass is 10.8. The summed E-state index contributed by atoms with van der Waals surface area (Å²) in [5.41, 5.74) is 5.22. The predicted molar refractivity (Wildman–Crippen MR) is 31.0 cm³/mol. The Labute approximate surface area is 46.7 Å². The van der Waals surface area contributed by atoms with Crippen molar-refractivity contribution in [3.8, 4) is 0 Å². The monoisotopic (exact) mass is 113 g/mol. The van der Waals surface area contributed by atoms with Crippen molar-refractivity contribution >= 4 is 12.7 Å². The van der Waals surface area contributed by atoms with Crippen molar-refractivity contribution in [1.29, 1.82) is 0 Å². The van der Waals surface area contributed by atoms with Gasteiger partial charge in [-0.3, -0.25) is 10.7 Å². The molecule has 0 saturated heterocycles. The summed E-state index contributed by atoms with van der Waals surface area (Å²) in [5, 5.41) is 1.24. The molecule has 0 aromatic heterocycles. The highest BCUT2D eigenvalue weighted by molar-refractivity contribution is 5.75. The number of nitrogens with zero attached hydrogens (tertiary/aromatic N) is 3. The quantitative estimate of drug-likeness (QED) is 0.374. The van der Waals surface area contributed by atoms with Crippen LogP contribution in [0.15, 0.2) is 9.98 Å². The Kier molecular flexibility index (Phi) is 1.23. The van der Waals surface area contributed by atoms with Crippen molar-refractivity contribution < 1.29 is 0 Å². The molecule has 0 aliphatic carbocycles. The molecule has 1 rings (SSSR count). The van der Waals surface area contributed by atoms with Gasteiger partial charge >= 0.3 is 0 Å². The zero-order valence-electron chi connectivity index (χ0n) is 4.23. The minimum absolute atomic E-state index is 0.463. The fourth-order valence-electron chi connectivity index (χ4n) is 0.359. The Balaban J connectivity index is 2.54. The van der Waals surface area contributed by atoms with Crippen LogP contribution in [0.4, 0.5) is 0 Å². The Morgan fingerprint density at radius 2 is 1.88 bits per heavy atom. The Bertz CT molecular complexity index is 99.6. The first-order valence-corrected chi connectivity index (χ1v) is 2.14. The van der Waals surface area contributed by atoms with Gasteiger partial charge in [0.05, 0.1) is 0 Å². The molecule has 0 spiro atoms. The summed E-state index contributed by atoms with van der Waals surface area (Å²) in [6, 6.07) is 0. The van der Waals surface area contributed by atoms with Gasteiger partial charge in [-0.1, -0.05) is 0 Å². The van der Waals surface area contributed by atoms with E-state index >= 15 is 0 Å². The summed E-state index contributed by atoms with van der Waals surface area (Å²) < 4.78 is 0. The zero-order valence-corrected chi connectivity index (χ0v) is 4.23. The third kappa shape index (κ3) is 1.02. The van der Waals surface area contributed by atoms with Gasteiger partial charge in [-0.25, -0.2) is 15.8 Å².